The number of hydrogen-bond donors (Lipinski definition) is 1. The van der Waals surface area contributed by atoms with Gasteiger partial charge in [0.25, 0.3) is 0 Å². The molecule has 0 amide bonds. The van der Waals surface area contributed by atoms with Crippen LogP contribution in [0.3, 0.4) is 0 Å². The molecule has 0 saturated carbocycles. The first-order valence-corrected chi connectivity index (χ1v) is 6.39. The largest absolute Gasteiger partial charge is 0.321 e. The predicted octanol–water partition coefficient (Wildman–Crippen LogP) is 3.20. The lowest BCUT2D eigenvalue weighted by atomic mass is 9.83. The van der Waals surface area contributed by atoms with E-state index in [4.69, 9.17) is 5.73 Å². The number of aryl methyl sites for hydroxylation is 1. The Morgan fingerprint density at radius 2 is 1.89 bits per heavy atom. The van der Waals surface area contributed by atoms with Gasteiger partial charge in [-0.15, -0.1) is 0 Å². The second-order valence-electron chi connectivity index (χ2n) is 4.92. The lowest BCUT2D eigenvalue weighted by molar-refractivity contribution is 0.423. The monoisotopic (exact) mass is 240 g/mol. The molecule has 2 nitrogen and oxygen atoms in total. The second kappa shape index (κ2) is 5.32. The first-order chi connectivity index (χ1) is 8.64. The molecule has 0 aliphatic carbocycles. The van der Waals surface area contributed by atoms with Gasteiger partial charge in [0.2, 0.25) is 0 Å². The third-order valence-corrected chi connectivity index (χ3v) is 3.44. The molecule has 1 aromatic heterocycles. The summed E-state index contributed by atoms with van der Waals surface area (Å²) in [7, 11) is 0. The number of hydrogen-bond acceptors (Lipinski definition) is 2. The fraction of sp³-hybridized carbons (Fsp3) is 0.312. The molecule has 0 aliphatic rings. The zero-order valence-electron chi connectivity index (χ0n) is 11.1. The third-order valence-electron chi connectivity index (χ3n) is 3.44. The summed E-state index contributed by atoms with van der Waals surface area (Å²) < 4.78 is 0. The number of benzene rings is 1. The summed E-state index contributed by atoms with van der Waals surface area (Å²) in [6.45, 7) is 4.18. The predicted molar refractivity (Wildman–Crippen MR) is 75.3 cm³/mol. The highest BCUT2D eigenvalue weighted by Crippen LogP contribution is 2.26. The van der Waals surface area contributed by atoms with Crippen molar-refractivity contribution in [2.24, 2.45) is 5.73 Å². The standard InChI is InChI=1S/C16H20N2/c1-3-16(17,10-14-7-5-4-6-8-14)15-9-13(2)11-18-12-15/h4-9,11-12H,3,10,17H2,1-2H3. The van der Waals surface area contributed by atoms with Gasteiger partial charge in [0.15, 0.2) is 0 Å². The number of pyridine rings is 1. The fourth-order valence-corrected chi connectivity index (χ4v) is 2.22. The Hall–Kier alpha value is -1.67. The summed E-state index contributed by atoms with van der Waals surface area (Å²) >= 11 is 0. The molecule has 1 atom stereocenters. The van der Waals surface area contributed by atoms with Crippen LogP contribution in [0.15, 0.2) is 48.8 Å². The maximum Gasteiger partial charge on any atom is 0.0463 e. The summed E-state index contributed by atoms with van der Waals surface area (Å²) in [6, 6.07) is 12.5. The van der Waals surface area contributed by atoms with E-state index >= 15 is 0 Å². The Labute approximate surface area is 109 Å². The van der Waals surface area contributed by atoms with Gasteiger partial charge < -0.3 is 5.73 Å². The number of rotatable bonds is 4. The molecule has 0 fully saturated rings. The molecular formula is C16H20N2. The molecule has 0 spiro atoms. The molecule has 0 radical (unpaired) electrons. The van der Waals surface area contributed by atoms with Gasteiger partial charge in [-0.1, -0.05) is 43.3 Å². The number of nitrogens with two attached hydrogens (primary N) is 1. The Kier molecular flexibility index (Phi) is 3.78. The molecule has 2 heteroatoms. The Morgan fingerprint density at radius 1 is 1.17 bits per heavy atom. The minimum atomic E-state index is -0.333. The second-order valence-corrected chi connectivity index (χ2v) is 4.92. The van der Waals surface area contributed by atoms with Crippen LogP contribution in [-0.2, 0) is 12.0 Å². The molecular weight excluding hydrogens is 220 g/mol. The van der Waals surface area contributed by atoms with E-state index in [1.54, 1.807) is 0 Å². The van der Waals surface area contributed by atoms with Crippen molar-refractivity contribution < 1.29 is 0 Å². The van der Waals surface area contributed by atoms with Crippen LogP contribution >= 0.6 is 0 Å². The molecule has 18 heavy (non-hydrogen) atoms. The van der Waals surface area contributed by atoms with Gasteiger partial charge in [0.05, 0.1) is 0 Å². The number of aromatic nitrogens is 1. The molecule has 1 aromatic carbocycles. The van der Waals surface area contributed by atoms with Crippen LogP contribution in [0.2, 0.25) is 0 Å². The number of nitrogens with zero attached hydrogens (tertiary/aromatic N) is 1. The van der Waals surface area contributed by atoms with Gasteiger partial charge >= 0.3 is 0 Å². The van der Waals surface area contributed by atoms with E-state index in [1.807, 2.05) is 18.5 Å². The summed E-state index contributed by atoms with van der Waals surface area (Å²) in [4.78, 5) is 4.26. The maximum atomic E-state index is 6.58. The lowest BCUT2D eigenvalue weighted by Gasteiger charge is -2.29. The highest BCUT2D eigenvalue weighted by Gasteiger charge is 2.25. The first-order valence-electron chi connectivity index (χ1n) is 6.39. The smallest absolute Gasteiger partial charge is 0.0463 e. The summed E-state index contributed by atoms with van der Waals surface area (Å²) in [5.74, 6) is 0. The van der Waals surface area contributed by atoms with Crippen LogP contribution in [0.5, 0.6) is 0 Å². The average molecular weight is 240 g/mol. The summed E-state index contributed by atoms with van der Waals surface area (Å²) in [6.07, 6.45) is 5.49. The minimum Gasteiger partial charge on any atom is -0.321 e. The van der Waals surface area contributed by atoms with Crippen molar-refractivity contribution in [1.29, 1.82) is 0 Å². The molecule has 1 unspecified atom stereocenters. The van der Waals surface area contributed by atoms with Gasteiger partial charge in [0.1, 0.15) is 0 Å². The molecule has 0 saturated heterocycles. The maximum absolute atomic E-state index is 6.58. The van der Waals surface area contributed by atoms with E-state index in [0.29, 0.717) is 0 Å². The Bertz CT molecular complexity index is 508. The molecule has 2 N–H and O–H groups in total. The van der Waals surface area contributed by atoms with Gasteiger partial charge in [-0.3, -0.25) is 4.98 Å². The first kappa shape index (κ1) is 12.8. The van der Waals surface area contributed by atoms with E-state index in [9.17, 15) is 0 Å². The Balaban J connectivity index is 2.31. The van der Waals surface area contributed by atoms with Crippen LogP contribution in [-0.4, -0.2) is 4.98 Å². The summed E-state index contributed by atoms with van der Waals surface area (Å²) in [5, 5.41) is 0. The van der Waals surface area contributed by atoms with Crippen molar-refractivity contribution in [3.63, 3.8) is 0 Å². The van der Waals surface area contributed by atoms with Gasteiger partial charge in [0, 0.05) is 17.9 Å². The van der Waals surface area contributed by atoms with Crippen molar-refractivity contribution in [2.45, 2.75) is 32.2 Å². The zero-order valence-corrected chi connectivity index (χ0v) is 11.1. The van der Waals surface area contributed by atoms with Crippen molar-refractivity contribution in [2.75, 3.05) is 0 Å². The normalized spacial score (nSPS) is 14.2. The lowest BCUT2D eigenvalue weighted by Crippen LogP contribution is -2.38. The van der Waals surface area contributed by atoms with Crippen molar-refractivity contribution in [3.05, 3.63) is 65.5 Å². The zero-order chi connectivity index (χ0) is 13.0. The molecule has 0 bridgehead atoms. The quantitative estimate of drug-likeness (QED) is 0.891. The van der Waals surface area contributed by atoms with E-state index in [1.165, 1.54) is 5.56 Å². The molecule has 0 aliphatic heterocycles. The van der Waals surface area contributed by atoms with Gasteiger partial charge in [-0.05, 0) is 36.5 Å². The SMILES string of the molecule is CCC(N)(Cc1ccccc1)c1cncc(C)c1. The average Bonchev–Trinajstić information content (AvgIpc) is 2.40. The van der Waals surface area contributed by atoms with Crippen LogP contribution in [0.1, 0.15) is 30.0 Å². The molecule has 2 rings (SSSR count). The summed E-state index contributed by atoms with van der Waals surface area (Å²) in [5.41, 5.74) is 9.79. The topological polar surface area (TPSA) is 38.9 Å². The highest BCUT2D eigenvalue weighted by molar-refractivity contribution is 5.28. The van der Waals surface area contributed by atoms with Crippen molar-refractivity contribution in [3.8, 4) is 0 Å². The van der Waals surface area contributed by atoms with E-state index in [0.717, 1.165) is 24.0 Å². The van der Waals surface area contributed by atoms with Crippen molar-refractivity contribution >= 4 is 0 Å². The third kappa shape index (κ3) is 2.77. The van der Waals surface area contributed by atoms with Gasteiger partial charge in [-0.25, -0.2) is 0 Å². The van der Waals surface area contributed by atoms with Gasteiger partial charge in [-0.2, -0.15) is 0 Å². The molecule has 1 heterocycles. The van der Waals surface area contributed by atoms with Crippen LogP contribution in [0.4, 0.5) is 0 Å². The van der Waals surface area contributed by atoms with Crippen LogP contribution in [0, 0.1) is 6.92 Å². The van der Waals surface area contributed by atoms with E-state index in [2.05, 4.69) is 49.2 Å². The van der Waals surface area contributed by atoms with Crippen LogP contribution in [0.25, 0.3) is 0 Å². The van der Waals surface area contributed by atoms with E-state index < -0.39 is 0 Å². The van der Waals surface area contributed by atoms with Crippen LogP contribution < -0.4 is 5.73 Å². The fourth-order valence-electron chi connectivity index (χ4n) is 2.22. The molecule has 94 valence electrons. The Morgan fingerprint density at radius 3 is 2.50 bits per heavy atom. The minimum absolute atomic E-state index is 0.333. The highest BCUT2D eigenvalue weighted by atomic mass is 14.8. The van der Waals surface area contributed by atoms with Crippen molar-refractivity contribution in [1.82, 2.24) is 4.98 Å². The van der Waals surface area contributed by atoms with E-state index in [-0.39, 0.29) is 5.54 Å². The molecule has 2 aromatic rings.